The molecule has 1 aromatic carbocycles. The van der Waals surface area contributed by atoms with Gasteiger partial charge in [0.15, 0.2) is 0 Å². The second-order valence-electron chi connectivity index (χ2n) is 8.03. The number of piperidine rings is 1. The van der Waals surface area contributed by atoms with Gasteiger partial charge in [-0.15, -0.1) is 0 Å². The van der Waals surface area contributed by atoms with Gasteiger partial charge in [-0.2, -0.15) is 0 Å². The van der Waals surface area contributed by atoms with Crippen LogP contribution in [0.25, 0.3) is 0 Å². The maximum atomic E-state index is 12.3. The third-order valence-electron chi connectivity index (χ3n) is 5.02. The van der Waals surface area contributed by atoms with Gasteiger partial charge in [-0.1, -0.05) is 48.4 Å². The van der Waals surface area contributed by atoms with Gasteiger partial charge in [0.25, 0.3) is 0 Å². The van der Waals surface area contributed by atoms with Gasteiger partial charge in [0.05, 0.1) is 6.42 Å². The van der Waals surface area contributed by atoms with E-state index in [1.807, 2.05) is 0 Å². The molecule has 1 saturated heterocycles. The first-order valence-electron chi connectivity index (χ1n) is 9.87. The highest BCUT2D eigenvalue weighted by molar-refractivity contribution is 5.78. The highest BCUT2D eigenvalue weighted by Gasteiger charge is 2.22. The van der Waals surface area contributed by atoms with E-state index in [-0.39, 0.29) is 18.4 Å². The van der Waals surface area contributed by atoms with Crippen LogP contribution in [0.15, 0.2) is 28.9 Å². The van der Waals surface area contributed by atoms with Gasteiger partial charge >= 0.3 is 0 Å². The second kappa shape index (κ2) is 9.13. The van der Waals surface area contributed by atoms with Gasteiger partial charge in [-0.3, -0.25) is 9.69 Å². The average molecular weight is 370 g/mol. The summed E-state index contributed by atoms with van der Waals surface area (Å²) in [6.07, 6.45) is 3.47. The Morgan fingerprint density at radius 3 is 2.67 bits per heavy atom. The van der Waals surface area contributed by atoms with Crippen LogP contribution in [0.1, 0.15) is 49.2 Å². The SMILES string of the molecule is Cc1nonc1CC(=O)NC1CCCN(Cc2ccc(CC(C)C)cc2)C1. The third-order valence-corrected chi connectivity index (χ3v) is 5.02. The summed E-state index contributed by atoms with van der Waals surface area (Å²) < 4.78 is 4.66. The molecule has 2 aromatic rings. The number of aryl methyl sites for hydroxylation is 1. The number of aromatic nitrogens is 2. The number of carbonyl (C=O) groups excluding carboxylic acids is 1. The van der Waals surface area contributed by atoms with Crippen LogP contribution in [0.3, 0.4) is 0 Å². The number of carbonyl (C=O) groups is 1. The molecule has 1 atom stereocenters. The number of benzene rings is 1. The molecule has 0 bridgehead atoms. The Kier molecular flexibility index (Phi) is 6.61. The molecule has 1 aliphatic heterocycles. The van der Waals surface area contributed by atoms with Crippen molar-refractivity contribution in [1.29, 1.82) is 0 Å². The zero-order valence-electron chi connectivity index (χ0n) is 16.6. The number of hydrogen-bond donors (Lipinski definition) is 1. The van der Waals surface area contributed by atoms with E-state index >= 15 is 0 Å². The molecule has 6 heteroatoms. The first-order valence-corrected chi connectivity index (χ1v) is 9.87. The Labute approximate surface area is 161 Å². The zero-order chi connectivity index (χ0) is 19.2. The predicted molar refractivity (Wildman–Crippen MR) is 104 cm³/mol. The molecule has 27 heavy (non-hydrogen) atoms. The van der Waals surface area contributed by atoms with Crippen molar-refractivity contribution >= 4 is 5.91 Å². The van der Waals surface area contributed by atoms with E-state index in [0.717, 1.165) is 38.9 Å². The van der Waals surface area contributed by atoms with Gasteiger partial charge in [0.1, 0.15) is 11.4 Å². The van der Waals surface area contributed by atoms with Gasteiger partial charge < -0.3 is 5.32 Å². The minimum atomic E-state index is -0.0151. The summed E-state index contributed by atoms with van der Waals surface area (Å²) in [5, 5.41) is 10.7. The van der Waals surface area contributed by atoms with Crippen molar-refractivity contribution in [1.82, 2.24) is 20.5 Å². The van der Waals surface area contributed by atoms with Crippen LogP contribution in [0.2, 0.25) is 0 Å². The summed E-state index contributed by atoms with van der Waals surface area (Å²) in [6, 6.07) is 9.15. The lowest BCUT2D eigenvalue weighted by Gasteiger charge is -2.33. The molecule has 146 valence electrons. The molecular weight excluding hydrogens is 340 g/mol. The Bertz CT molecular complexity index is 739. The highest BCUT2D eigenvalue weighted by atomic mass is 16.6. The number of likely N-dealkylation sites (tertiary alicyclic amines) is 1. The first kappa shape index (κ1) is 19.5. The second-order valence-corrected chi connectivity index (χ2v) is 8.03. The lowest BCUT2D eigenvalue weighted by Crippen LogP contribution is -2.47. The van der Waals surface area contributed by atoms with Crippen LogP contribution in [0.4, 0.5) is 0 Å². The van der Waals surface area contributed by atoms with Crippen LogP contribution in [0, 0.1) is 12.8 Å². The van der Waals surface area contributed by atoms with E-state index in [1.165, 1.54) is 11.1 Å². The van der Waals surface area contributed by atoms with Crippen molar-refractivity contribution in [3.05, 3.63) is 46.8 Å². The monoisotopic (exact) mass is 370 g/mol. The van der Waals surface area contributed by atoms with Crippen molar-refractivity contribution in [2.24, 2.45) is 5.92 Å². The Morgan fingerprint density at radius 2 is 2.00 bits per heavy atom. The zero-order valence-corrected chi connectivity index (χ0v) is 16.6. The number of hydrogen-bond acceptors (Lipinski definition) is 5. The number of amides is 1. The average Bonchev–Trinajstić information content (AvgIpc) is 3.01. The van der Waals surface area contributed by atoms with Crippen molar-refractivity contribution in [2.75, 3.05) is 13.1 Å². The largest absolute Gasteiger partial charge is 0.352 e. The van der Waals surface area contributed by atoms with Crippen LogP contribution >= 0.6 is 0 Å². The molecule has 1 aromatic heterocycles. The summed E-state index contributed by atoms with van der Waals surface area (Å²) >= 11 is 0. The van der Waals surface area contributed by atoms with Crippen molar-refractivity contribution in [3.8, 4) is 0 Å². The van der Waals surface area contributed by atoms with Gasteiger partial charge in [0, 0.05) is 19.1 Å². The Morgan fingerprint density at radius 1 is 1.26 bits per heavy atom. The molecule has 2 heterocycles. The van der Waals surface area contributed by atoms with Gasteiger partial charge in [-0.05, 0) is 49.8 Å². The lowest BCUT2D eigenvalue weighted by atomic mass is 10.0. The molecule has 0 aliphatic carbocycles. The van der Waals surface area contributed by atoms with Gasteiger partial charge in [0.2, 0.25) is 5.91 Å². The molecule has 1 fully saturated rings. The first-order chi connectivity index (χ1) is 13.0. The normalized spacial score (nSPS) is 18.0. The molecule has 3 rings (SSSR count). The topological polar surface area (TPSA) is 71.3 Å². The summed E-state index contributed by atoms with van der Waals surface area (Å²) in [5.41, 5.74) is 4.02. The molecule has 1 N–H and O–H groups in total. The molecule has 0 spiro atoms. The summed E-state index contributed by atoms with van der Waals surface area (Å²) in [7, 11) is 0. The Balaban J connectivity index is 1.48. The summed E-state index contributed by atoms with van der Waals surface area (Å²) in [6.45, 7) is 9.18. The van der Waals surface area contributed by atoms with Crippen molar-refractivity contribution in [3.63, 3.8) is 0 Å². The minimum Gasteiger partial charge on any atom is -0.352 e. The quantitative estimate of drug-likeness (QED) is 0.811. The molecule has 0 saturated carbocycles. The maximum Gasteiger partial charge on any atom is 0.226 e. The van der Waals surface area contributed by atoms with E-state index in [1.54, 1.807) is 6.92 Å². The predicted octanol–water partition coefficient (Wildman–Crippen LogP) is 2.90. The molecule has 1 unspecified atom stereocenters. The van der Waals surface area contributed by atoms with Crippen LogP contribution in [-0.4, -0.2) is 40.3 Å². The van der Waals surface area contributed by atoms with Gasteiger partial charge in [-0.25, -0.2) is 4.63 Å². The fourth-order valence-corrected chi connectivity index (χ4v) is 3.67. The summed E-state index contributed by atoms with van der Waals surface area (Å²) in [4.78, 5) is 14.7. The lowest BCUT2D eigenvalue weighted by molar-refractivity contribution is -0.121. The third kappa shape index (κ3) is 5.89. The molecular formula is C21H30N4O2. The molecule has 1 aliphatic rings. The maximum absolute atomic E-state index is 12.3. The standard InChI is InChI=1S/C21H30N4O2/c1-15(2)11-17-6-8-18(9-7-17)13-25-10-4-5-19(14-25)22-21(26)12-20-16(3)23-27-24-20/h6-9,15,19H,4-5,10-14H2,1-3H3,(H,22,26). The van der Waals surface area contributed by atoms with Crippen molar-refractivity contribution < 1.29 is 9.42 Å². The van der Waals surface area contributed by atoms with E-state index in [2.05, 4.69) is 63.3 Å². The molecule has 0 radical (unpaired) electrons. The molecule has 6 nitrogen and oxygen atoms in total. The van der Waals surface area contributed by atoms with Crippen LogP contribution < -0.4 is 5.32 Å². The number of nitrogens with one attached hydrogen (secondary N) is 1. The van der Waals surface area contributed by atoms with E-state index in [4.69, 9.17) is 0 Å². The van der Waals surface area contributed by atoms with Crippen LogP contribution in [-0.2, 0) is 24.2 Å². The molecule has 1 amide bonds. The Hall–Kier alpha value is -2.21. The number of nitrogens with zero attached hydrogens (tertiary/aromatic N) is 3. The highest BCUT2D eigenvalue weighted by Crippen LogP contribution is 2.16. The van der Waals surface area contributed by atoms with E-state index < -0.39 is 0 Å². The smallest absolute Gasteiger partial charge is 0.226 e. The fourth-order valence-electron chi connectivity index (χ4n) is 3.67. The van der Waals surface area contributed by atoms with Crippen LogP contribution in [0.5, 0.6) is 0 Å². The van der Waals surface area contributed by atoms with Crippen molar-refractivity contribution in [2.45, 2.75) is 59.0 Å². The minimum absolute atomic E-state index is 0.0151. The van der Waals surface area contributed by atoms with E-state index in [9.17, 15) is 4.79 Å². The fraction of sp³-hybridized carbons (Fsp3) is 0.571. The number of rotatable bonds is 7. The van der Waals surface area contributed by atoms with E-state index in [0.29, 0.717) is 17.3 Å². The summed E-state index contributed by atoms with van der Waals surface area (Å²) in [5.74, 6) is 0.665.